The first-order chi connectivity index (χ1) is 12.5. The van der Waals surface area contributed by atoms with E-state index >= 15 is 0 Å². The molecule has 0 bridgehead atoms. The summed E-state index contributed by atoms with van der Waals surface area (Å²) in [7, 11) is 0. The topological polar surface area (TPSA) is 66.6 Å². The monoisotopic (exact) mass is 358 g/mol. The van der Waals surface area contributed by atoms with Crippen molar-refractivity contribution in [3.05, 3.63) is 53.6 Å². The van der Waals surface area contributed by atoms with Crippen LogP contribution in [0.4, 0.5) is 14.6 Å². The van der Waals surface area contributed by atoms with Gasteiger partial charge in [0.05, 0.1) is 6.54 Å². The Hall–Kier alpha value is -3.10. The second kappa shape index (κ2) is 6.32. The van der Waals surface area contributed by atoms with Crippen LogP contribution in [0, 0.1) is 18.6 Å². The molecule has 0 saturated carbocycles. The van der Waals surface area contributed by atoms with Gasteiger partial charge in [-0.25, -0.2) is 13.8 Å². The second-order valence-electron chi connectivity index (χ2n) is 6.16. The molecule has 1 aliphatic heterocycles. The number of rotatable bonds is 3. The highest BCUT2D eigenvalue weighted by Gasteiger charge is 2.27. The Bertz CT molecular complexity index is 989. The van der Waals surface area contributed by atoms with Gasteiger partial charge >= 0.3 is 0 Å². The van der Waals surface area contributed by atoms with Crippen LogP contribution in [0.5, 0.6) is 0 Å². The van der Waals surface area contributed by atoms with E-state index in [9.17, 15) is 13.6 Å². The number of hydrogen-bond acceptors (Lipinski definition) is 5. The first kappa shape index (κ1) is 16.4. The number of fused-ring (bicyclic) bond motifs is 1. The lowest BCUT2D eigenvalue weighted by Gasteiger charge is -2.35. The molecule has 4 rings (SSSR count). The van der Waals surface area contributed by atoms with Crippen LogP contribution in [0.1, 0.15) is 11.4 Å². The number of halogens is 2. The third kappa shape index (κ3) is 2.85. The Balaban J connectivity index is 1.52. The maximum Gasteiger partial charge on any atom is 0.242 e. The highest BCUT2D eigenvalue weighted by Crippen LogP contribution is 2.21. The van der Waals surface area contributed by atoms with Gasteiger partial charge in [0.25, 0.3) is 0 Å². The molecule has 1 aliphatic rings. The third-order valence-corrected chi connectivity index (χ3v) is 4.47. The first-order valence-electron chi connectivity index (χ1n) is 8.16. The lowest BCUT2D eigenvalue weighted by Crippen LogP contribution is -2.50. The van der Waals surface area contributed by atoms with Crippen molar-refractivity contribution in [3.8, 4) is 0 Å². The van der Waals surface area contributed by atoms with Gasteiger partial charge in [-0.3, -0.25) is 9.20 Å². The number of anilines is 1. The molecule has 134 valence electrons. The van der Waals surface area contributed by atoms with Crippen LogP contribution in [-0.2, 0) is 11.3 Å². The number of amides is 1. The summed E-state index contributed by atoms with van der Waals surface area (Å²) in [4.78, 5) is 20.3. The summed E-state index contributed by atoms with van der Waals surface area (Å²) < 4.78 is 28.7. The maximum absolute atomic E-state index is 13.8. The van der Waals surface area contributed by atoms with Crippen molar-refractivity contribution >= 4 is 17.4 Å². The number of carbonyl (C=O) groups is 1. The summed E-state index contributed by atoms with van der Waals surface area (Å²) in [5, 5.41) is 8.16. The third-order valence-electron chi connectivity index (χ3n) is 4.47. The zero-order valence-corrected chi connectivity index (χ0v) is 14.1. The zero-order chi connectivity index (χ0) is 18.3. The Labute approximate surface area is 147 Å². The second-order valence-corrected chi connectivity index (χ2v) is 6.16. The van der Waals surface area contributed by atoms with Gasteiger partial charge < -0.3 is 9.80 Å². The summed E-state index contributed by atoms with van der Waals surface area (Å²) in [5.41, 5.74) is 0.886. The van der Waals surface area contributed by atoms with E-state index in [-0.39, 0.29) is 19.0 Å². The van der Waals surface area contributed by atoms with Crippen molar-refractivity contribution < 1.29 is 13.6 Å². The van der Waals surface area contributed by atoms with E-state index in [0.717, 1.165) is 11.9 Å². The Morgan fingerprint density at radius 2 is 2.04 bits per heavy atom. The molecule has 1 aromatic carbocycles. The average Bonchev–Trinajstić information content (AvgIpc) is 3.00. The molecule has 3 heterocycles. The van der Waals surface area contributed by atoms with Crippen molar-refractivity contribution in [2.45, 2.75) is 13.5 Å². The number of piperazine rings is 1. The fourth-order valence-electron chi connectivity index (χ4n) is 3.06. The van der Waals surface area contributed by atoms with Gasteiger partial charge in [-0.15, -0.1) is 10.2 Å². The molecule has 1 saturated heterocycles. The molecule has 0 atom stereocenters. The van der Waals surface area contributed by atoms with Gasteiger partial charge in [-0.05, 0) is 13.0 Å². The number of aromatic nitrogens is 4. The molecule has 7 nitrogen and oxygen atoms in total. The van der Waals surface area contributed by atoms with Crippen LogP contribution in [0.15, 0.2) is 30.6 Å². The summed E-state index contributed by atoms with van der Waals surface area (Å²) >= 11 is 0. The molecular weight excluding hydrogens is 342 g/mol. The lowest BCUT2D eigenvalue weighted by molar-refractivity contribution is -0.131. The van der Waals surface area contributed by atoms with Crippen LogP contribution in [0.3, 0.4) is 0 Å². The van der Waals surface area contributed by atoms with E-state index in [1.807, 2.05) is 16.2 Å². The van der Waals surface area contributed by atoms with E-state index in [2.05, 4.69) is 15.2 Å². The highest BCUT2D eigenvalue weighted by atomic mass is 19.1. The van der Waals surface area contributed by atoms with Gasteiger partial charge in [-0.1, -0.05) is 6.07 Å². The number of hydrogen-bond donors (Lipinski definition) is 0. The van der Waals surface area contributed by atoms with Gasteiger partial charge in [0, 0.05) is 43.7 Å². The van der Waals surface area contributed by atoms with Gasteiger partial charge in [-0.2, -0.15) is 0 Å². The molecule has 0 N–H and O–H groups in total. The molecule has 26 heavy (non-hydrogen) atoms. The number of aryl methyl sites for hydroxylation is 1. The molecular formula is C17H16F2N6O. The van der Waals surface area contributed by atoms with Crippen molar-refractivity contribution in [1.82, 2.24) is 24.5 Å². The molecule has 3 aromatic rings. The predicted octanol–water partition coefficient (Wildman–Crippen LogP) is 1.56. The fourth-order valence-corrected chi connectivity index (χ4v) is 3.06. The van der Waals surface area contributed by atoms with Crippen LogP contribution in [0.2, 0.25) is 0 Å². The number of benzene rings is 1. The quantitative estimate of drug-likeness (QED) is 0.711. The summed E-state index contributed by atoms with van der Waals surface area (Å²) in [6.45, 7) is 3.00. The van der Waals surface area contributed by atoms with E-state index in [1.165, 1.54) is 12.1 Å². The number of carbonyl (C=O) groups excluding carboxylic acids is 1. The Kier molecular flexibility index (Phi) is 3.98. The van der Waals surface area contributed by atoms with Crippen LogP contribution >= 0.6 is 0 Å². The summed E-state index contributed by atoms with van der Waals surface area (Å²) in [6, 6.07) is 3.39. The molecule has 1 amide bonds. The fraction of sp³-hybridized carbons (Fsp3) is 0.294. The number of nitrogens with zero attached hydrogens (tertiary/aromatic N) is 6. The van der Waals surface area contributed by atoms with E-state index in [0.29, 0.717) is 30.1 Å². The van der Waals surface area contributed by atoms with Crippen molar-refractivity contribution in [2.24, 2.45) is 0 Å². The maximum atomic E-state index is 13.8. The normalized spacial score (nSPS) is 15.1. The van der Waals surface area contributed by atoms with Gasteiger partial charge in [0.1, 0.15) is 17.5 Å². The highest BCUT2D eigenvalue weighted by molar-refractivity contribution is 5.84. The Morgan fingerprint density at radius 3 is 2.81 bits per heavy atom. The molecule has 0 spiro atoms. The SMILES string of the molecule is Cc1nnc2c(N3CCN(Cc4ccc(F)cc4F)C(=O)C3)nccn12. The molecule has 0 radical (unpaired) electrons. The van der Waals surface area contributed by atoms with Crippen LogP contribution in [-0.4, -0.2) is 50.0 Å². The van der Waals surface area contributed by atoms with Gasteiger partial charge in [0.2, 0.25) is 11.6 Å². The lowest BCUT2D eigenvalue weighted by atomic mass is 10.1. The van der Waals surface area contributed by atoms with E-state index < -0.39 is 11.6 Å². The molecule has 9 heteroatoms. The minimum Gasteiger partial charge on any atom is -0.342 e. The Morgan fingerprint density at radius 1 is 1.19 bits per heavy atom. The van der Waals surface area contributed by atoms with Crippen LogP contribution in [0.25, 0.3) is 5.65 Å². The largest absolute Gasteiger partial charge is 0.342 e. The molecule has 0 aliphatic carbocycles. The van der Waals surface area contributed by atoms with Crippen molar-refractivity contribution in [1.29, 1.82) is 0 Å². The standard InChI is InChI=1S/C17H16F2N6O/c1-11-21-22-17-16(20-4-5-25(11)17)24-7-6-23(15(26)10-24)9-12-2-3-13(18)8-14(12)19/h2-5,8H,6-7,9-10H2,1H3. The molecule has 0 unspecified atom stereocenters. The summed E-state index contributed by atoms with van der Waals surface area (Å²) in [5.74, 6) is -0.106. The predicted molar refractivity (Wildman–Crippen MR) is 89.5 cm³/mol. The minimum atomic E-state index is -0.648. The van der Waals surface area contributed by atoms with Crippen LogP contribution < -0.4 is 4.90 Å². The van der Waals surface area contributed by atoms with Gasteiger partial charge in [0.15, 0.2) is 5.82 Å². The first-order valence-corrected chi connectivity index (χ1v) is 8.16. The molecule has 2 aromatic heterocycles. The van der Waals surface area contributed by atoms with Crippen molar-refractivity contribution in [3.63, 3.8) is 0 Å². The summed E-state index contributed by atoms with van der Waals surface area (Å²) in [6.07, 6.45) is 3.41. The average molecular weight is 358 g/mol. The van der Waals surface area contributed by atoms with Crippen molar-refractivity contribution in [2.75, 3.05) is 24.5 Å². The van der Waals surface area contributed by atoms with E-state index in [4.69, 9.17) is 0 Å². The minimum absolute atomic E-state index is 0.112. The van der Waals surface area contributed by atoms with E-state index in [1.54, 1.807) is 17.3 Å². The molecule has 1 fully saturated rings. The smallest absolute Gasteiger partial charge is 0.242 e. The zero-order valence-electron chi connectivity index (χ0n) is 14.1.